The Kier molecular flexibility index (Phi) is 3.44. The van der Waals surface area contributed by atoms with Gasteiger partial charge in [0.1, 0.15) is 0 Å². The van der Waals surface area contributed by atoms with Crippen LogP contribution in [0.4, 0.5) is 5.69 Å². The van der Waals surface area contributed by atoms with Crippen LogP contribution in [0.1, 0.15) is 30.4 Å². The normalized spacial score (nSPS) is 23.8. The molecule has 0 N–H and O–H groups in total. The van der Waals surface area contributed by atoms with E-state index in [0.717, 1.165) is 30.3 Å². The van der Waals surface area contributed by atoms with E-state index in [4.69, 9.17) is 5.26 Å². The number of benzene rings is 1. The van der Waals surface area contributed by atoms with Gasteiger partial charge in [0.2, 0.25) is 0 Å². The standard InChI is InChI=1S/C16H21N3/c1-13-10-15(6-5-14(13)11-17)19-9-3-8-18-7-2-4-16(18)12-19/h5-6,10,16H,2-4,7-9,12H2,1H3. The summed E-state index contributed by atoms with van der Waals surface area (Å²) in [5.41, 5.74) is 3.17. The Balaban J connectivity index is 1.81. The highest BCUT2D eigenvalue weighted by atomic mass is 15.3. The third kappa shape index (κ3) is 2.46. The molecule has 2 fully saturated rings. The first-order valence-corrected chi connectivity index (χ1v) is 7.27. The summed E-state index contributed by atoms with van der Waals surface area (Å²) in [6.45, 7) is 6.84. The molecule has 3 nitrogen and oxygen atoms in total. The molecule has 2 heterocycles. The third-order valence-corrected chi connectivity index (χ3v) is 4.50. The van der Waals surface area contributed by atoms with Gasteiger partial charge >= 0.3 is 0 Å². The number of nitrogens with zero attached hydrogens (tertiary/aromatic N) is 3. The maximum Gasteiger partial charge on any atom is 0.0994 e. The lowest BCUT2D eigenvalue weighted by Gasteiger charge is -2.27. The van der Waals surface area contributed by atoms with Crippen LogP contribution >= 0.6 is 0 Å². The molecule has 0 bridgehead atoms. The van der Waals surface area contributed by atoms with Gasteiger partial charge in [-0.2, -0.15) is 5.26 Å². The lowest BCUT2D eigenvalue weighted by Crippen LogP contribution is -2.36. The third-order valence-electron chi connectivity index (χ3n) is 4.50. The minimum absolute atomic E-state index is 0.735. The van der Waals surface area contributed by atoms with Crippen molar-refractivity contribution in [2.75, 3.05) is 31.1 Å². The van der Waals surface area contributed by atoms with Crippen LogP contribution < -0.4 is 4.90 Å². The Labute approximate surface area is 115 Å². The van der Waals surface area contributed by atoms with Crippen LogP contribution in [0.5, 0.6) is 0 Å². The summed E-state index contributed by atoms with van der Waals surface area (Å²) < 4.78 is 0. The van der Waals surface area contributed by atoms with E-state index in [2.05, 4.69) is 28.0 Å². The highest BCUT2D eigenvalue weighted by molar-refractivity contribution is 5.53. The molecular weight excluding hydrogens is 234 g/mol. The number of hydrogen-bond acceptors (Lipinski definition) is 3. The van der Waals surface area contributed by atoms with Crippen LogP contribution in [0, 0.1) is 18.3 Å². The predicted molar refractivity (Wildman–Crippen MR) is 77.3 cm³/mol. The number of rotatable bonds is 1. The van der Waals surface area contributed by atoms with E-state index in [9.17, 15) is 0 Å². The zero-order valence-electron chi connectivity index (χ0n) is 11.6. The van der Waals surface area contributed by atoms with E-state index in [1.54, 1.807) is 0 Å². The van der Waals surface area contributed by atoms with Gasteiger partial charge in [-0.3, -0.25) is 4.90 Å². The predicted octanol–water partition coefficient (Wildman–Crippen LogP) is 2.54. The van der Waals surface area contributed by atoms with Gasteiger partial charge in [0.25, 0.3) is 0 Å². The number of aryl methyl sites for hydroxylation is 1. The van der Waals surface area contributed by atoms with Gasteiger partial charge in [0, 0.05) is 31.4 Å². The molecule has 100 valence electrons. The topological polar surface area (TPSA) is 30.3 Å². The van der Waals surface area contributed by atoms with Crippen LogP contribution in [0.3, 0.4) is 0 Å². The maximum absolute atomic E-state index is 9.02. The average Bonchev–Trinajstić information content (AvgIpc) is 2.76. The van der Waals surface area contributed by atoms with Gasteiger partial charge in [0.15, 0.2) is 0 Å². The molecule has 2 aliphatic rings. The fraction of sp³-hybridized carbons (Fsp3) is 0.562. The molecule has 1 unspecified atom stereocenters. The molecule has 3 rings (SSSR count). The molecule has 2 aliphatic heterocycles. The zero-order valence-corrected chi connectivity index (χ0v) is 11.6. The van der Waals surface area contributed by atoms with Crippen LogP contribution in [-0.4, -0.2) is 37.1 Å². The van der Waals surface area contributed by atoms with Crippen molar-refractivity contribution in [1.29, 1.82) is 5.26 Å². The summed E-state index contributed by atoms with van der Waals surface area (Å²) in [5, 5.41) is 9.02. The molecule has 0 aliphatic carbocycles. The quantitative estimate of drug-likeness (QED) is 0.772. The van der Waals surface area contributed by atoms with E-state index in [1.807, 2.05) is 13.0 Å². The molecular formula is C16H21N3. The van der Waals surface area contributed by atoms with E-state index in [1.165, 1.54) is 38.0 Å². The largest absolute Gasteiger partial charge is 0.370 e. The van der Waals surface area contributed by atoms with Crippen molar-refractivity contribution in [3.05, 3.63) is 29.3 Å². The van der Waals surface area contributed by atoms with Crippen molar-refractivity contribution < 1.29 is 0 Å². The number of fused-ring (bicyclic) bond motifs is 1. The van der Waals surface area contributed by atoms with E-state index in [-0.39, 0.29) is 0 Å². The summed E-state index contributed by atoms with van der Waals surface area (Å²) in [6, 6.07) is 9.22. The first kappa shape index (κ1) is 12.5. The first-order valence-electron chi connectivity index (χ1n) is 7.27. The van der Waals surface area contributed by atoms with Crippen LogP contribution in [0.2, 0.25) is 0 Å². The van der Waals surface area contributed by atoms with Gasteiger partial charge in [-0.25, -0.2) is 0 Å². The van der Waals surface area contributed by atoms with Crippen molar-refractivity contribution in [3.8, 4) is 6.07 Å². The molecule has 1 atom stereocenters. The Morgan fingerprint density at radius 1 is 1.21 bits per heavy atom. The monoisotopic (exact) mass is 255 g/mol. The molecule has 19 heavy (non-hydrogen) atoms. The molecule has 0 spiro atoms. The maximum atomic E-state index is 9.02. The second-order valence-corrected chi connectivity index (χ2v) is 5.74. The summed E-state index contributed by atoms with van der Waals surface area (Å²) in [5.74, 6) is 0. The molecule has 0 saturated carbocycles. The number of anilines is 1. The Bertz CT molecular complexity index is 503. The molecule has 2 saturated heterocycles. The van der Waals surface area contributed by atoms with E-state index in [0.29, 0.717) is 0 Å². The van der Waals surface area contributed by atoms with Crippen molar-refractivity contribution in [1.82, 2.24) is 4.90 Å². The van der Waals surface area contributed by atoms with Crippen molar-refractivity contribution >= 4 is 5.69 Å². The lowest BCUT2D eigenvalue weighted by molar-refractivity contribution is 0.273. The summed E-state index contributed by atoms with van der Waals surface area (Å²) >= 11 is 0. The number of nitriles is 1. The zero-order chi connectivity index (χ0) is 13.2. The summed E-state index contributed by atoms with van der Waals surface area (Å²) in [6.07, 6.45) is 3.94. The van der Waals surface area contributed by atoms with Crippen molar-refractivity contribution in [2.45, 2.75) is 32.2 Å². The van der Waals surface area contributed by atoms with Crippen molar-refractivity contribution in [2.24, 2.45) is 0 Å². The van der Waals surface area contributed by atoms with Gasteiger partial charge in [-0.15, -0.1) is 0 Å². The Hall–Kier alpha value is -1.53. The molecule has 0 aromatic heterocycles. The first-order chi connectivity index (χ1) is 9.28. The van der Waals surface area contributed by atoms with E-state index >= 15 is 0 Å². The van der Waals surface area contributed by atoms with Crippen LogP contribution in [0.15, 0.2) is 18.2 Å². The minimum atomic E-state index is 0.735. The Morgan fingerprint density at radius 3 is 2.84 bits per heavy atom. The highest BCUT2D eigenvalue weighted by Crippen LogP contribution is 2.26. The molecule has 1 aromatic carbocycles. The second kappa shape index (κ2) is 5.22. The van der Waals surface area contributed by atoms with Gasteiger partial charge < -0.3 is 4.90 Å². The summed E-state index contributed by atoms with van der Waals surface area (Å²) in [7, 11) is 0. The fourth-order valence-electron chi connectivity index (χ4n) is 3.41. The molecule has 0 amide bonds. The summed E-state index contributed by atoms with van der Waals surface area (Å²) in [4.78, 5) is 5.15. The van der Waals surface area contributed by atoms with Gasteiger partial charge in [0.05, 0.1) is 11.6 Å². The second-order valence-electron chi connectivity index (χ2n) is 5.74. The van der Waals surface area contributed by atoms with Crippen LogP contribution in [0.25, 0.3) is 0 Å². The van der Waals surface area contributed by atoms with Gasteiger partial charge in [-0.1, -0.05) is 0 Å². The SMILES string of the molecule is Cc1cc(N2CCCN3CCCC3C2)ccc1C#N. The van der Waals surface area contributed by atoms with Crippen molar-refractivity contribution in [3.63, 3.8) is 0 Å². The smallest absolute Gasteiger partial charge is 0.0994 e. The van der Waals surface area contributed by atoms with E-state index < -0.39 is 0 Å². The van der Waals surface area contributed by atoms with Gasteiger partial charge in [-0.05, 0) is 56.5 Å². The Morgan fingerprint density at radius 2 is 2.05 bits per heavy atom. The average molecular weight is 255 g/mol. The molecule has 1 aromatic rings. The van der Waals surface area contributed by atoms with Crippen LogP contribution in [-0.2, 0) is 0 Å². The molecule has 0 radical (unpaired) electrons. The lowest BCUT2D eigenvalue weighted by atomic mass is 10.1. The highest BCUT2D eigenvalue weighted by Gasteiger charge is 2.28. The number of hydrogen-bond donors (Lipinski definition) is 0. The molecule has 3 heteroatoms. The minimum Gasteiger partial charge on any atom is -0.370 e. The fourth-order valence-corrected chi connectivity index (χ4v) is 3.41.